The number of esters is 1. The first-order valence-electron chi connectivity index (χ1n) is 6.64. The van der Waals surface area contributed by atoms with Crippen molar-refractivity contribution in [2.24, 2.45) is 5.92 Å². The zero-order valence-corrected chi connectivity index (χ0v) is 10.6. The summed E-state index contributed by atoms with van der Waals surface area (Å²) in [6.45, 7) is 5.86. The van der Waals surface area contributed by atoms with Gasteiger partial charge in [0.2, 0.25) is 0 Å². The van der Waals surface area contributed by atoms with Gasteiger partial charge in [-0.15, -0.1) is 0 Å². The molecule has 0 aromatic carbocycles. The minimum Gasteiger partial charge on any atom is -0.465 e. The van der Waals surface area contributed by atoms with Crippen molar-refractivity contribution in [3.63, 3.8) is 0 Å². The second-order valence-electron chi connectivity index (χ2n) is 4.80. The van der Waals surface area contributed by atoms with Crippen molar-refractivity contribution in [2.45, 2.75) is 58.4 Å². The first-order valence-corrected chi connectivity index (χ1v) is 6.64. The first kappa shape index (κ1) is 13.5. The molecule has 0 aromatic rings. The molecule has 0 radical (unpaired) electrons. The van der Waals surface area contributed by atoms with Crippen LogP contribution in [0, 0.1) is 5.92 Å². The van der Waals surface area contributed by atoms with Gasteiger partial charge in [-0.25, -0.2) is 0 Å². The molecule has 3 nitrogen and oxygen atoms in total. The maximum Gasteiger partial charge on any atom is 0.309 e. The number of carbonyl (C=O) groups is 1. The van der Waals surface area contributed by atoms with Gasteiger partial charge in [-0.1, -0.05) is 26.2 Å². The summed E-state index contributed by atoms with van der Waals surface area (Å²) in [7, 11) is 0. The first-order chi connectivity index (χ1) is 7.74. The summed E-state index contributed by atoms with van der Waals surface area (Å²) >= 11 is 0. The van der Waals surface area contributed by atoms with Gasteiger partial charge in [0.15, 0.2) is 0 Å². The summed E-state index contributed by atoms with van der Waals surface area (Å²) in [5, 5.41) is 3.34. The number of carbonyl (C=O) groups excluding carboxylic acids is 1. The fourth-order valence-corrected chi connectivity index (χ4v) is 2.17. The second kappa shape index (κ2) is 7.66. The second-order valence-corrected chi connectivity index (χ2v) is 4.80. The van der Waals surface area contributed by atoms with Crippen LogP contribution in [0.2, 0.25) is 0 Å². The highest BCUT2D eigenvalue weighted by Gasteiger charge is 2.25. The van der Waals surface area contributed by atoms with E-state index in [0.717, 1.165) is 25.8 Å². The molecule has 1 aliphatic rings. The van der Waals surface area contributed by atoms with Gasteiger partial charge in [0.05, 0.1) is 12.5 Å². The summed E-state index contributed by atoms with van der Waals surface area (Å²) in [5.41, 5.74) is 0. The fraction of sp³-hybridized carbons (Fsp3) is 0.923. The van der Waals surface area contributed by atoms with Crippen LogP contribution in [0.25, 0.3) is 0 Å². The van der Waals surface area contributed by atoms with Crippen molar-refractivity contribution in [1.82, 2.24) is 5.32 Å². The number of unbranched alkanes of at least 4 members (excludes halogenated alkanes) is 3. The lowest BCUT2D eigenvalue weighted by Crippen LogP contribution is -2.39. The van der Waals surface area contributed by atoms with Crippen molar-refractivity contribution in [1.29, 1.82) is 0 Å². The molecule has 2 unspecified atom stereocenters. The topological polar surface area (TPSA) is 38.3 Å². The van der Waals surface area contributed by atoms with E-state index in [1.54, 1.807) is 0 Å². The summed E-state index contributed by atoms with van der Waals surface area (Å²) in [5.74, 6) is 0.146. The maximum atomic E-state index is 11.7. The molecule has 16 heavy (non-hydrogen) atoms. The molecule has 1 fully saturated rings. The van der Waals surface area contributed by atoms with Gasteiger partial charge in [0.25, 0.3) is 0 Å². The predicted molar refractivity (Wildman–Crippen MR) is 65.3 cm³/mol. The van der Waals surface area contributed by atoms with E-state index in [0.29, 0.717) is 12.6 Å². The Balaban J connectivity index is 2.09. The van der Waals surface area contributed by atoms with Crippen LogP contribution < -0.4 is 5.32 Å². The molecule has 94 valence electrons. The molecule has 1 rings (SSSR count). The Bertz CT molecular complexity index is 206. The highest BCUT2D eigenvalue weighted by atomic mass is 16.5. The molecule has 1 aliphatic heterocycles. The highest BCUT2D eigenvalue weighted by Crippen LogP contribution is 2.17. The Labute approximate surface area is 98.9 Å². The number of hydrogen-bond donors (Lipinski definition) is 1. The zero-order chi connectivity index (χ0) is 11.8. The summed E-state index contributed by atoms with van der Waals surface area (Å²) in [6.07, 6.45) is 6.50. The van der Waals surface area contributed by atoms with Crippen molar-refractivity contribution >= 4 is 5.97 Å². The molecule has 2 atom stereocenters. The Kier molecular flexibility index (Phi) is 6.46. The summed E-state index contributed by atoms with van der Waals surface area (Å²) in [6, 6.07) is 0.450. The summed E-state index contributed by atoms with van der Waals surface area (Å²) in [4.78, 5) is 11.7. The van der Waals surface area contributed by atoms with Gasteiger partial charge in [-0.3, -0.25) is 4.79 Å². The molecule has 0 bridgehead atoms. The quantitative estimate of drug-likeness (QED) is 0.559. The zero-order valence-electron chi connectivity index (χ0n) is 10.6. The van der Waals surface area contributed by atoms with Gasteiger partial charge in [-0.05, 0) is 32.7 Å². The Hall–Kier alpha value is -0.570. The average molecular weight is 227 g/mol. The smallest absolute Gasteiger partial charge is 0.309 e. The van der Waals surface area contributed by atoms with Crippen LogP contribution in [0.5, 0.6) is 0 Å². The van der Waals surface area contributed by atoms with Crippen LogP contribution >= 0.6 is 0 Å². The van der Waals surface area contributed by atoms with E-state index in [2.05, 4.69) is 19.2 Å². The molecule has 3 heteroatoms. The van der Waals surface area contributed by atoms with E-state index in [-0.39, 0.29) is 11.9 Å². The summed E-state index contributed by atoms with van der Waals surface area (Å²) < 4.78 is 5.31. The normalized spacial score (nSPS) is 25.4. The monoisotopic (exact) mass is 227 g/mol. The molecule has 0 saturated carbocycles. The number of piperidine rings is 1. The average Bonchev–Trinajstić information content (AvgIpc) is 2.28. The van der Waals surface area contributed by atoms with Gasteiger partial charge in [0, 0.05) is 6.04 Å². The van der Waals surface area contributed by atoms with Crippen LogP contribution in [0.15, 0.2) is 0 Å². The lowest BCUT2D eigenvalue weighted by molar-refractivity contribution is -0.149. The molecule has 1 saturated heterocycles. The van der Waals surface area contributed by atoms with Gasteiger partial charge in [-0.2, -0.15) is 0 Å². The molecule has 1 N–H and O–H groups in total. The maximum absolute atomic E-state index is 11.7. The van der Waals surface area contributed by atoms with Crippen molar-refractivity contribution in [3.8, 4) is 0 Å². The molecule has 0 aliphatic carbocycles. The lowest BCUT2D eigenvalue weighted by atomic mass is 9.93. The minimum absolute atomic E-state index is 0.0184. The number of ether oxygens (including phenoxy) is 1. The molecule has 1 heterocycles. The van der Waals surface area contributed by atoms with E-state index in [1.807, 2.05) is 0 Å². The van der Waals surface area contributed by atoms with Crippen LogP contribution in [0.3, 0.4) is 0 Å². The largest absolute Gasteiger partial charge is 0.465 e. The number of nitrogens with one attached hydrogen (secondary N) is 1. The standard InChI is InChI=1S/C13H25NO2/c1-3-4-5-6-9-16-13(15)12-7-8-14-11(2)10-12/h11-12,14H,3-10H2,1-2H3. The van der Waals surface area contributed by atoms with Crippen LogP contribution in [0.1, 0.15) is 52.4 Å². The molecular weight excluding hydrogens is 202 g/mol. The van der Waals surface area contributed by atoms with E-state index in [9.17, 15) is 4.79 Å². The Morgan fingerprint density at radius 3 is 2.88 bits per heavy atom. The third kappa shape index (κ3) is 4.97. The predicted octanol–water partition coefficient (Wildman–Crippen LogP) is 2.50. The van der Waals surface area contributed by atoms with Crippen LogP contribution in [-0.2, 0) is 9.53 Å². The van der Waals surface area contributed by atoms with Gasteiger partial charge >= 0.3 is 5.97 Å². The molecule has 0 spiro atoms. The van der Waals surface area contributed by atoms with Crippen molar-refractivity contribution in [2.75, 3.05) is 13.2 Å². The lowest BCUT2D eigenvalue weighted by Gasteiger charge is -2.26. The van der Waals surface area contributed by atoms with Crippen LogP contribution in [-0.4, -0.2) is 25.2 Å². The van der Waals surface area contributed by atoms with E-state index in [4.69, 9.17) is 4.74 Å². The Morgan fingerprint density at radius 1 is 1.38 bits per heavy atom. The Morgan fingerprint density at radius 2 is 2.19 bits per heavy atom. The minimum atomic E-state index is 0.0184. The van der Waals surface area contributed by atoms with E-state index < -0.39 is 0 Å². The third-order valence-corrected chi connectivity index (χ3v) is 3.20. The molecular formula is C13H25NO2. The van der Waals surface area contributed by atoms with Crippen molar-refractivity contribution < 1.29 is 9.53 Å². The van der Waals surface area contributed by atoms with Crippen molar-refractivity contribution in [3.05, 3.63) is 0 Å². The van der Waals surface area contributed by atoms with Gasteiger partial charge in [0.1, 0.15) is 0 Å². The number of rotatable bonds is 6. The highest BCUT2D eigenvalue weighted by molar-refractivity contribution is 5.72. The third-order valence-electron chi connectivity index (χ3n) is 3.20. The molecule has 0 amide bonds. The number of hydrogen-bond acceptors (Lipinski definition) is 3. The van der Waals surface area contributed by atoms with E-state index in [1.165, 1.54) is 19.3 Å². The van der Waals surface area contributed by atoms with Gasteiger partial charge < -0.3 is 10.1 Å². The van der Waals surface area contributed by atoms with E-state index >= 15 is 0 Å². The fourth-order valence-electron chi connectivity index (χ4n) is 2.17. The van der Waals surface area contributed by atoms with Crippen LogP contribution in [0.4, 0.5) is 0 Å². The molecule has 0 aromatic heterocycles. The SMILES string of the molecule is CCCCCCOC(=O)C1CCNC(C)C1.